The van der Waals surface area contributed by atoms with Crippen molar-refractivity contribution in [1.29, 1.82) is 0 Å². The Kier molecular flexibility index (Phi) is 5.75. The van der Waals surface area contributed by atoms with E-state index in [1.54, 1.807) is 12.1 Å². The number of rotatable bonds is 5. The Morgan fingerprint density at radius 2 is 1.67 bits per heavy atom. The Labute approximate surface area is 201 Å². The van der Waals surface area contributed by atoms with Crippen LogP contribution in [0.3, 0.4) is 0 Å². The highest BCUT2D eigenvalue weighted by atomic mass is 35.5. The van der Waals surface area contributed by atoms with Crippen LogP contribution in [0.25, 0.3) is 16.9 Å². The van der Waals surface area contributed by atoms with Crippen molar-refractivity contribution in [3.05, 3.63) is 106 Å². The van der Waals surface area contributed by atoms with Gasteiger partial charge in [-0.1, -0.05) is 77.3 Å². The van der Waals surface area contributed by atoms with E-state index in [1.807, 2.05) is 78.5 Å². The summed E-state index contributed by atoms with van der Waals surface area (Å²) in [5.41, 5.74) is 6.39. The molecule has 0 aliphatic carbocycles. The van der Waals surface area contributed by atoms with E-state index in [9.17, 15) is 4.79 Å². The minimum atomic E-state index is -0.291. The number of amides is 1. The molecule has 1 atom stereocenters. The van der Waals surface area contributed by atoms with Crippen LogP contribution in [0.15, 0.2) is 84.1 Å². The van der Waals surface area contributed by atoms with Crippen molar-refractivity contribution >= 4 is 35.3 Å². The van der Waals surface area contributed by atoms with Crippen molar-refractivity contribution < 1.29 is 4.79 Å². The molecule has 1 amide bonds. The second-order valence-electron chi connectivity index (χ2n) is 7.96. The van der Waals surface area contributed by atoms with Crippen LogP contribution in [0.5, 0.6) is 0 Å². The van der Waals surface area contributed by atoms with Gasteiger partial charge < -0.3 is 0 Å². The highest BCUT2D eigenvalue weighted by Crippen LogP contribution is 2.38. The molecule has 1 aromatic heterocycles. The number of benzene rings is 3. The maximum absolute atomic E-state index is 12.0. The average molecular weight is 475 g/mol. The van der Waals surface area contributed by atoms with Crippen molar-refractivity contribution in [3.63, 3.8) is 0 Å². The van der Waals surface area contributed by atoms with E-state index >= 15 is 0 Å². The van der Waals surface area contributed by atoms with E-state index in [-0.39, 0.29) is 6.04 Å². The van der Waals surface area contributed by atoms with Crippen molar-refractivity contribution in [2.45, 2.75) is 19.4 Å². The maximum atomic E-state index is 12.0. The maximum Gasteiger partial charge on any atom is 0.230 e. The standard InChI is InChI=1S/C26H20Cl2N4O/c1-17-7-9-18(10-8-17)24-14-25(32(16-33)29-24)21-15-31(20-5-3-2-4-6-20)30-26(21)19-11-12-22(27)23(28)13-19/h2-13,15-16,25H,14H2,1H3. The average Bonchev–Trinajstić information content (AvgIpc) is 3.46. The van der Waals surface area contributed by atoms with Gasteiger partial charge in [-0.05, 0) is 36.8 Å². The van der Waals surface area contributed by atoms with Gasteiger partial charge in [0.15, 0.2) is 0 Å². The number of hydrogen-bond acceptors (Lipinski definition) is 3. The fraction of sp³-hybridized carbons (Fsp3) is 0.115. The summed E-state index contributed by atoms with van der Waals surface area (Å²) in [5.74, 6) is 0. The van der Waals surface area contributed by atoms with E-state index in [1.165, 1.54) is 10.6 Å². The molecule has 0 N–H and O–H groups in total. The highest BCUT2D eigenvalue weighted by molar-refractivity contribution is 6.42. The lowest BCUT2D eigenvalue weighted by atomic mass is 9.96. The number of aromatic nitrogens is 2. The molecule has 1 aliphatic heterocycles. The number of carbonyl (C=O) groups excluding carboxylic acids is 1. The Morgan fingerprint density at radius 1 is 0.939 bits per heavy atom. The molecular formula is C26H20Cl2N4O. The van der Waals surface area contributed by atoms with Crippen LogP contribution in [0.4, 0.5) is 0 Å². The Morgan fingerprint density at radius 3 is 2.36 bits per heavy atom. The van der Waals surface area contributed by atoms with E-state index in [2.05, 4.69) is 5.10 Å². The molecule has 4 aromatic rings. The third-order valence-corrected chi connectivity index (χ3v) is 6.49. The predicted molar refractivity (Wildman–Crippen MR) is 132 cm³/mol. The van der Waals surface area contributed by atoms with Crippen LogP contribution < -0.4 is 0 Å². The van der Waals surface area contributed by atoms with E-state index in [0.29, 0.717) is 16.5 Å². The smallest absolute Gasteiger partial charge is 0.230 e. The van der Waals surface area contributed by atoms with Crippen molar-refractivity contribution in [2.24, 2.45) is 5.10 Å². The van der Waals surface area contributed by atoms with Crippen molar-refractivity contribution in [2.75, 3.05) is 0 Å². The summed E-state index contributed by atoms with van der Waals surface area (Å²) >= 11 is 12.5. The molecule has 164 valence electrons. The first-order valence-corrected chi connectivity index (χ1v) is 11.3. The second kappa shape index (κ2) is 8.85. The molecule has 5 rings (SSSR count). The molecule has 5 nitrogen and oxygen atoms in total. The van der Waals surface area contributed by atoms with Gasteiger partial charge in [0.1, 0.15) is 0 Å². The lowest BCUT2D eigenvalue weighted by molar-refractivity contribution is -0.119. The summed E-state index contributed by atoms with van der Waals surface area (Å²) in [6, 6.07) is 23.2. The number of nitrogens with zero attached hydrogens (tertiary/aromatic N) is 4. The first kappa shape index (κ1) is 21.4. The summed E-state index contributed by atoms with van der Waals surface area (Å²) in [6.45, 7) is 2.04. The molecular weight excluding hydrogens is 455 g/mol. The minimum absolute atomic E-state index is 0.291. The normalized spacial score (nSPS) is 15.5. The van der Waals surface area contributed by atoms with Crippen molar-refractivity contribution in [3.8, 4) is 16.9 Å². The Balaban J connectivity index is 1.60. The molecule has 33 heavy (non-hydrogen) atoms. The highest BCUT2D eigenvalue weighted by Gasteiger charge is 2.32. The molecule has 0 saturated carbocycles. The summed E-state index contributed by atoms with van der Waals surface area (Å²) in [6.07, 6.45) is 3.31. The summed E-state index contributed by atoms with van der Waals surface area (Å²) in [4.78, 5) is 12.0. The zero-order chi connectivity index (χ0) is 22.9. The first-order valence-electron chi connectivity index (χ1n) is 10.5. The zero-order valence-electron chi connectivity index (χ0n) is 17.8. The lowest BCUT2D eigenvalue weighted by Gasteiger charge is -2.17. The largest absolute Gasteiger partial charge is 0.277 e. The molecule has 0 fully saturated rings. The van der Waals surface area contributed by atoms with Gasteiger partial charge in [0.2, 0.25) is 6.41 Å². The monoisotopic (exact) mass is 474 g/mol. The molecule has 1 aliphatic rings. The topological polar surface area (TPSA) is 50.5 Å². The molecule has 0 radical (unpaired) electrons. The number of halogens is 2. The van der Waals surface area contributed by atoms with Crippen LogP contribution in [0, 0.1) is 6.92 Å². The minimum Gasteiger partial charge on any atom is -0.277 e. The van der Waals surface area contributed by atoms with Crippen LogP contribution in [-0.2, 0) is 4.79 Å². The van der Waals surface area contributed by atoms with Crippen LogP contribution in [0.2, 0.25) is 10.0 Å². The van der Waals surface area contributed by atoms with Gasteiger partial charge >= 0.3 is 0 Å². The molecule has 0 saturated heterocycles. The van der Waals surface area contributed by atoms with Gasteiger partial charge in [0.05, 0.1) is 33.2 Å². The molecule has 7 heteroatoms. The predicted octanol–water partition coefficient (Wildman–Crippen LogP) is 6.46. The molecule has 2 heterocycles. The van der Waals surface area contributed by atoms with Gasteiger partial charge in [-0.25, -0.2) is 9.69 Å². The Bertz CT molecular complexity index is 1350. The van der Waals surface area contributed by atoms with Gasteiger partial charge in [-0.3, -0.25) is 4.79 Å². The third kappa shape index (κ3) is 4.17. The molecule has 3 aromatic carbocycles. The summed E-state index contributed by atoms with van der Waals surface area (Å²) < 4.78 is 1.82. The van der Waals surface area contributed by atoms with Crippen molar-refractivity contribution in [1.82, 2.24) is 14.8 Å². The summed E-state index contributed by atoms with van der Waals surface area (Å²) in [5, 5.41) is 11.9. The van der Waals surface area contributed by atoms with Crippen LogP contribution in [0.1, 0.15) is 29.2 Å². The molecule has 0 spiro atoms. The molecule has 1 unspecified atom stereocenters. The fourth-order valence-corrected chi connectivity index (χ4v) is 4.31. The quantitative estimate of drug-likeness (QED) is 0.311. The number of carbonyl (C=O) groups is 1. The fourth-order valence-electron chi connectivity index (χ4n) is 4.01. The van der Waals surface area contributed by atoms with Gasteiger partial charge in [0.25, 0.3) is 0 Å². The number of para-hydroxylation sites is 1. The second-order valence-corrected chi connectivity index (χ2v) is 8.77. The van der Waals surface area contributed by atoms with Crippen LogP contribution in [-0.4, -0.2) is 26.9 Å². The van der Waals surface area contributed by atoms with Gasteiger partial charge in [-0.2, -0.15) is 10.2 Å². The summed E-state index contributed by atoms with van der Waals surface area (Å²) in [7, 11) is 0. The van der Waals surface area contributed by atoms with E-state index < -0.39 is 0 Å². The Hall–Kier alpha value is -3.41. The third-order valence-electron chi connectivity index (χ3n) is 5.75. The lowest BCUT2D eigenvalue weighted by Crippen LogP contribution is -2.17. The van der Waals surface area contributed by atoms with Gasteiger partial charge in [0, 0.05) is 23.7 Å². The van der Waals surface area contributed by atoms with Gasteiger partial charge in [-0.15, -0.1) is 0 Å². The van der Waals surface area contributed by atoms with E-state index in [4.69, 9.17) is 28.3 Å². The number of hydrogen-bond donors (Lipinski definition) is 0. The van der Waals surface area contributed by atoms with E-state index in [0.717, 1.165) is 40.2 Å². The zero-order valence-corrected chi connectivity index (χ0v) is 19.3. The number of hydrazone groups is 1. The first-order chi connectivity index (χ1) is 16.0. The molecule has 0 bridgehead atoms. The SMILES string of the molecule is Cc1ccc(C2=NN(C=O)C(c3cn(-c4ccccc4)nc3-c3ccc(Cl)c(Cl)c3)C2)cc1. The van der Waals surface area contributed by atoms with Crippen LogP contribution >= 0.6 is 23.2 Å². The number of aryl methyl sites for hydroxylation is 1.